The van der Waals surface area contributed by atoms with E-state index in [1.54, 1.807) is 61.5 Å². The second kappa shape index (κ2) is 13.9. The molecule has 0 aromatic heterocycles. The highest BCUT2D eigenvalue weighted by Crippen LogP contribution is 2.25. The zero-order valence-corrected chi connectivity index (χ0v) is 25.2. The number of hydrogen-bond acceptors (Lipinski definition) is 4. The van der Waals surface area contributed by atoms with Crippen LogP contribution in [0.3, 0.4) is 0 Å². The molecule has 3 aromatic rings. The van der Waals surface area contributed by atoms with E-state index in [9.17, 15) is 22.4 Å². The Labute approximate surface area is 243 Å². The number of nitrogens with zero attached hydrogens (tertiary/aromatic N) is 2. The van der Waals surface area contributed by atoms with Gasteiger partial charge in [-0.3, -0.25) is 13.9 Å². The van der Waals surface area contributed by atoms with Crippen molar-refractivity contribution in [2.45, 2.75) is 57.1 Å². The van der Waals surface area contributed by atoms with E-state index in [0.29, 0.717) is 24.1 Å². The first kappa shape index (κ1) is 30.6. The molecule has 0 aliphatic rings. The van der Waals surface area contributed by atoms with E-state index in [2.05, 4.69) is 27.9 Å². The highest BCUT2D eigenvalue weighted by molar-refractivity contribution is 14.1. The summed E-state index contributed by atoms with van der Waals surface area (Å²) in [6, 6.07) is 19.4. The zero-order chi connectivity index (χ0) is 28.6. The Bertz CT molecular complexity index is 1350. The maximum Gasteiger partial charge on any atom is 0.264 e. The Morgan fingerprint density at radius 1 is 0.923 bits per heavy atom. The predicted molar refractivity (Wildman–Crippen MR) is 159 cm³/mol. The van der Waals surface area contributed by atoms with Gasteiger partial charge >= 0.3 is 0 Å². The Morgan fingerprint density at radius 3 is 2.10 bits per heavy atom. The van der Waals surface area contributed by atoms with Gasteiger partial charge in [0.05, 0.1) is 10.6 Å². The van der Waals surface area contributed by atoms with Crippen molar-refractivity contribution in [3.8, 4) is 0 Å². The summed E-state index contributed by atoms with van der Waals surface area (Å²) < 4.78 is 43.1. The van der Waals surface area contributed by atoms with Crippen molar-refractivity contribution in [3.05, 3.63) is 93.8 Å². The largest absolute Gasteiger partial charge is 0.352 e. The third kappa shape index (κ3) is 8.01. The summed E-state index contributed by atoms with van der Waals surface area (Å²) in [7, 11) is -4.12. The van der Waals surface area contributed by atoms with Crippen LogP contribution in [-0.2, 0) is 26.2 Å². The molecule has 0 aliphatic carbocycles. The maximum atomic E-state index is 14.0. The molecule has 2 amide bonds. The van der Waals surface area contributed by atoms with Crippen LogP contribution in [0.5, 0.6) is 0 Å². The van der Waals surface area contributed by atoms with Crippen molar-refractivity contribution in [2.24, 2.45) is 0 Å². The number of anilines is 1. The number of rotatable bonds is 12. The molecular weight excluding hydrogens is 632 g/mol. The van der Waals surface area contributed by atoms with Gasteiger partial charge in [0.15, 0.2) is 0 Å². The van der Waals surface area contributed by atoms with Crippen molar-refractivity contribution in [1.82, 2.24) is 10.2 Å². The van der Waals surface area contributed by atoms with Gasteiger partial charge in [-0.25, -0.2) is 12.8 Å². The van der Waals surface area contributed by atoms with Crippen molar-refractivity contribution in [1.29, 1.82) is 0 Å². The van der Waals surface area contributed by atoms with Gasteiger partial charge in [-0.1, -0.05) is 44.2 Å². The molecule has 0 saturated heterocycles. The summed E-state index contributed by atoms with van der Waals surface area (Å²) in [6.45, 7) is 5.11. The second-order valence-electron chi connectivity index (χ2n) is 9.19. The lowest BCUT2D eigenvalue weighted by Gasteiger charge is -2.33. The lowest BCUT2D eigenvalue weighted by atomic mass is 10.1. The minimum atomic E-state index is -4.12. The standard InChI is InChI=1S/C29H33FIN3O4S/c1-4-21(3)32-29(36)27(5-2)33(19-22-11-13-23(30)14-12-22)28(35)20-34(25-17-15-24(31)16-18-25)39(37,38)26-9-7-6-8-10-26/h6-18,21,27H,4-5,19-20H2,1-3H3,(H,32,36)/t21-,27-/m1/s1. The van der Waals surface area contributed by atoms with E-state index >= 15 is 0 Å². The Hall–Kier alpha value is -2.99. The molecule has 2 atom stereocenters. The lowest BCUT2D eigenvalue weighted by Crippen LogP contribution is -2.53. The van der Waals surface area contributed by atoms with Gasteiger partial charge in [-0.15, -0.1) is 0 Å². The molecule has 0 unspecified atom stereocenters. The van der Waals surface area contributed by atoms with Gasteiger partial charge in [0.2, 0.25) is 11.8 Å². The number of hydrogen-bond donors (Lipinski definition) is 1. The molecule has 0 spiro atoms. The van der Waals surface area contributed by atoms with Crippen LogP contribution < -0.4 is 9.62 Å². The Kier molecular flexibility index (Phi) is 10.9. The molecule has 10 heteroatoms. The number of benzene rings is 3. The fraction of sp³-hybridized carbons (Fsp3) is 0.310. The van der Waals surface area contributed by atoms with E-state index in [-0.39, 0.29) is 23.4 Å². The Morgan fingerprint density at radius 2 is 1.54 bits per heavy atom. The van der Waals surface area contributed by atoms with Crippen LogP contribution in [0, 0.1) is 9.39 Å². The third-order valence-corrected chi connectivity index (χ3v) is 8.89. The topological polar surface area (TPSA) is 86.8 Å². The van der Waals surface area contributed by atoms with Crippen LogP contribution in [0.4, 0.5) is 10.1 Å². The fourth-order valence-electron chi connectivity index (χ4n) is 4.00. The molecule has 0 bridgehead atoms. The van der Waals surface area contributed by atoms with E-state index in [1.165, 1.54) is 29.2 Å². The average Bonchev–Trinajstić information content (AvgIpc) is 2.93. The highest BCUT2D eigenvalue weighted by atomic mass is 127. The molecule has 0 aliphatic heterocycles. The fourth-order valence-corrected chi connectivity index (χ4v) is 5.80. The van der Waals surface area contributed by atoms with E-state index in [1.807, 2.05) is 13.8 Å². The van der Waals surface area contributed by atoms with Gasteiger partial charge in [0.25, 0.3) is 10.0 Å². The van der Waals surface area contributed by atoms with Gasteiger partial charge < -0.3 is 10.2 Å². The van der Waals surface area contributed by atoms with Crippen LogP contribution in [0.1, 0.15) is 39.2 Å². The SMILES string of the molecule is CC[C@@H](C)NC(=O)[C@@H](CC)N(Cc1ccc(F)cc1)C(=O)CN(c1ccc(I)cc1)S(=O)(=O)c1ccccc1. The third-order valence-electron chi connectivity index (χ3n) is 6.38. The van der Waals surface area contributed by atoms with Crippen LogP contribution >= 0.6 is 22.6 Å². The quantitative estimate of drug-likeness (QED) is 0.265. The number of amides is 2. The smallest absolute Gasteiger partial charge is 0.264 e. The molecule has 1 N–H and O–H groups in total. The van der Waals surface area contributed by atoms with Crippen molar-refractivity contribution < 1.29 is 22.4 Å². The minimum absolute atomic E-state index is 0.0114. The van der Waals surface area contributed by atoms with E-state index < -0.39 is 34.3 Å². The molecule has 3 rings (SSSR count). The molecule has 0 saturated carbocycles. The minimum Gasteiger partial charge on any atom is -0.352 e. The van der Waals surface area contributed by atoms with Crippen molar-refractivity contribution in [2.75, 3.05) is 10.8 Å². The highest BCUT2D eigenvalue weighted by Gasteiger charge is 2.33. The van der Waals surface area contributed by atoms with Crippen molar-refractivity contribution >= 4 is 50.1 Å². The summed E-state index contributed by atoms with van der Waals surface area (Å²) >= 11 is 2.12. The lowest BCUT2D eigenvalue weighted by molar-refractivity contribution is -0.140. The molecule has 0 fully saturated rings. The summed E-state index contributed by atoms with van der Waals surface area (Å²) in [6.07, 6.45) is 1.02. The molecule has 3 aromatic carbocycles. The van der Waals surface area contributed by atoms with Crippen LogP contribution in [0.25, 0.3) is 0 Å². The van der Waals surface area contributed by atoms with Crippen LogP contribution in [-0.4, -0.2) is 43.8 Å². The van der Waals surface area contributed by atoms with Gasteiger partial charge in [-0.05, 0) is 96.5 Å². The van der Waals surface area contributed by atoms with Gasteiger partial charge in [0, 0.05) is 16.2 Å². The second-order valence-corrected chi connectivity index (χ2v) is 12.3. The summed E-state index contributed by atoms with van der Waals surface area (Å²) in [5.41, 5.74) is 0.942. The number of carbonyl (C=O) groups excluding carboxylic acids is 2. The first-order valence-electron chi connectivity index (χ1n) is 12.7. The van der Waals surface area contributed by atoms with Gasteiger partial charge in [0.1, 0.15) is 18.4 Å². The maximum absolute atomic E-state index is 14.0. The molecule has 0 radical (unpaired) electrons. The zero-order valence-electron chi connectivity index (χ0n) is 22.2. The van der Waals surface area contributed by atoms with Crippen molar-refractivity contribution in [3.63, 3.8) is 0 Å². The first-order chi connectivity index (χ1) is 18.6. The molecule has 7 nitrogen and oxygen atoms in total. The van der Waals surface area contributed by atoms with Crippen LogP contribution in [0.2, 0.25) is 0 Å². The number of carbonyl (C=O) groups is 2. The number of nitrogens with one attached hydrogen (secondary N) is 1. The normalized spacial score (nSPS) is 12.8. The van der Waals surface area contributed by atoms with E-state index in [4.69, 9.17) is 0 Å². The predicted octanol–water partition coefficient (Wildman–Crippen LogP) is 5.35. The Balaban J connectivity index is 2.03. The summed E-state index contributed by atoms with van der Waals surface area (Å²) in [5, 5.41) is 2.93. The molecule has 0 heterocycles. The molecule has 39 heavy (non-hydrogen) atoms. The first-order valence-corrected chi connectivity index (χ1v) is 15.3. The summed E-state index contributed by atoms with van der Waals surface area (Å²) in [5.74, 6) is -1.30. The summed E-state index contributed by atoms with van der Waals surface area (Å²) in [4.78, 5) is 28.6. The van der Waals surface area contributed by atoms with E-state index in [0.717, 1.165) is 7.88 Å². The molecular formula is C29H33FIN3O4S. The number of sulfonamides is 1. The monoisotopic (exact) mass is 665 g/mol. The van der Waals surface area contributed by atoms with Crippen LogP contribution in [0.15, 0.2) is 83.8 Å². The molecule has 208 valence electrons. The average molecular weight is 666 g/mol. The number of halogens is 2. The van der Waals surface area contributed by atoms with Gasteiger partial charge in [-0.2, -0.15) is 0 Å².